The van der Waals surface area contributed by atoms with Gasteiger partial charge in [-0.15, -0.1) is 0 Å². The van der Waals surface area contributed by atoms with Crippen molar-refractivity contribution in [3.8, 4) is 0 Å². The monoisotopic (exact) mass is 276 g/mol. The highest BCUT2D eigenvalue weighted by atomic mass is 19.4. The predicted molar refractivity (Wildman–Crippen MR) is 64.4 cm³/mol. The molecule has 0 aromatic carbocycles. The summed E-state index contributed by atoms with van der Waals surface area (Å²) in [6, 6.07) is 0.964. The number of aromatic nitrogens is 2. The number of likely N-dealkylation sites (N-methyl/N-ethyl adjacent to an activating group) is 1. The molecule has 4 N–H and O–H groups in total. The molecule has 1 saturated heterocycles. The van der Waals surface area contributed by atoms with Gasteiger partial charge in [0.25, 0.3) is 0 Å². The Kier molecular flexibility index (Phi) is 3.76. The van der Waals surface area contributed by atoms with Crippen molar-refractivity contribution in [1.29, 1.82) is 0 Å². The van der Waals surface area contributed by atoms with Gasteiger partial charge in [-0.25, -0.2) is 10.8 Å². The van der Waals surface area contributed by atoms with Crippen LogP contribution < -0.4 is 16.6 Å². The van der Waals surface area contributed by atoms with Gasteiger partial charge in [0.05, 0.1) is 0 Å². The Morgan fingerprint density at radius 1 is 1.42 bits per heavy atom. The van der Waals surface area contributed by atoms with E-state index in [0.717, 1.165) is 25.6 Å². The van der Waals surface area contributed by atoms with E-state index in [9.17, 15) is 13.2 Å². The molecule has 19 heavy (non-hydrogen) atoms. The van der Waals surface area contributed by atoms with Crippen molar-refractivity contribution in [2.45, 2.75) is 18.6 Å². The molecule has 1 aliphatic rings. The number of nitrogens with two attached hydrogens (primary N) is 1. The predicted octanol–water partition coefficient (Wildman–Crippen LogP) is 0.897. The fraction of sp³-hybridized carbons (Fsp3) is 0.600. The van der Waals surface area contributed by atoms with Gasteiger partial charge in [-0.2, -0.15) is 18.2 Å². The molecule has 1 aliphatic heterocycles. The van der Waals surface area contributed by atoms with Crippen LogP contribution in [0.5, 0.6) is 0 Å². The van der Waals surface area contributed by atoms with Gasteiger partial charge >= 0.3 is 6.18 Å². The number of halogens is 3. The molecule has 1 aromatic rings. The highest BCUT2D eigenvalue weighted by Crippen LogP contribution is 2.29. The SMILES string of the molecule is CN1CCC(Nc2cc(C(F)(F)F)nc(NN)n2)C1. The number of nitrogens with zero attached hydrogens (tertiary/aromatic N) is 3. The smallest absolute Gasteiger partial charge is 0.366 e. The second kappa shape index (κ2) is 5.17. The molecule has 0 radical (unpaired) electrons. The molecule has 2 heterocycles. The maximum absolute atomic E-state index is 12.7. The van der Waals surface area contributed by atoms with Crippen LogP contribution in [0.1, 0.15) is 12.1 Å². The third kappa shape index (κ3) is 3.44. The number of hydrogen-bond donors (Lipinski definition) is 3. The van der Waals surface area contributed by atoms with Gasteiger partial charge in [-0.1, -0.05) is 0 Å². The van der Waals surface area contributed by atoms with E-state index in [-0.39, 0.29) is 17.8 Å². The molecule has 0 saturated carbocycles. The molecular weight excluding hydrogens is 261 g/mol. The number of likely N-dealkylation sites (tertiary alicyclic amines) is 1. The summed E-state index contributed by atoms with van der Waals surface area (Å²) < 4.78 is 38.0. The lowest BCUT2D eigenvalue weighted by molar-refractivity contribution is -0.141. The van der Waals surface area contributed by atoms with E-state index in [2.05, 4.69) is 20.2 Å². The number of nitrogens with one attached hydrogen (secondary N) is 2. The van der Waals surface area contributed by atoms with Gasteiger partial charge < -0.3 is 10.2 Å². The van der Waals surface area contributed by atoms with Crippen molar-refractivity contribution in [2.24, 2.45) is 5.84 Å². The van der Waals surface area contributed by atoms with Crippen molar-refractivity contribution >= 4 is 11.8 Å². The first-order chi connectivity index (χ1) is 8.88. The molecule has 9 heteroatoms. The zero-order chi connectivity index (χ0) is 14.0. The average molecular weight is 276 g/mol. The third-order valence-corrected chi connectivity index (χ3v) is 2.89. The van der Waals surface area contributed by atoms with Gasteiger partial charge in [-0.05, 0) is 20.0 Å². The van der Waals surface area contributed by atoms with E-state index in [1.807, 2.05) is 12.5 Å². The average Bonchev–Trinajstić information content (AvgIpc) is 2.73. The lowest BCUT2D eigenvalue weighted by Crippen LogP contribution is -2.25. The van der Waals surface area contributed by atoms with Crippen LogP contribution in [-0.4, -0.2) is 41.0 Å². The molecule has 1 aromatic heterocycles. The Bertz CT molecular complexity index is 449. The first kappa shape index (κ1) is 13.8. The van der Waals surface area contributed by atoms with E-state index >= 15 is 0 Å². The fourth-order valence-corrected chi connectivity index (χ4v) is 1.99. The summed E-state index contributed by atoms with van der Waals surface area (Å²) in [4.78, 5) is 9.26. The first-order valence-electron chi connectivity index (χ1n) is 5.76. The number of hydrazine groups is 1. The molecule has 2 rings (SSSR count). The van der Waals surface area contributed by atoms with E-state index in [1.165, 1.54) is 0 Å². The summed E-state index contributed by atoms with van der Waals surface area (Å²) in [5.74, 6) is 4.94. The van der Waals surface area contributed by atoms with E-state index in [4.69, 9.17) is 5.84 Å². The number of nitrogen functional groups attached to an aromatic ring is 1. The van der Waals surface area contributed by atoms with Gasteiger partial charge in [-0.3, -0.25) is 5.43 Å². The third-order valence-electron chi connectivity index (χ3n) is 2.89. The molecule has 6 nitrogen and oxygen atoms in total. The van der Waals surface area contributed by atoms with E-state index < -0.39 is 11.9 Å². The van der Waals surface area contributed by atoms with Gasteiger partial charge in [0.2, 0.25) is 5.95 Å². The molecule has 0 spiro atoms. The quantitative estimate of drug-likeness (QED) is 0.562. The molecule has 1 unspecified atom stereocenters. The molecule has 106 valence electrons. The zero-order valence-electron chi connectivity index (χ0n) is 10.3. The number of alkyl halides is 3. The van der Waals surface area contributed by atoms with Crippen LogP contribution in [0.3, 0.4) is 0 Å². The Morgan fingerprint density at radius 3 is 2.68 bits per heavy atom. The van der Waals surface area contributed by atoms with Crippen LogP contribution in [0, 0.1) is 0 Å². The minimum Gasteiger partial charge on any atom is -0.366 e. The normalized spacial score (nSPS) is 20.6. The first-order valence-corrected chi connectivity index (χ1v) is 5.76. The van der Waals surface area contributed by atoms with Crippen LogP contribution in [0.25, 0.3) is 0 Å². The highest BCUT2D eigenvalue weighted by Gasteiger charge is 2.34. The fourth-order valence-electron chi connectivity index (χ4n) is 1.99. The standard InChI is InChI=1S/C10H15F3N6/c1-19-3-2-6(5-19)15-8-4-7(10(11,12)13)16-9(17-8)18-14/h4,6H,2-3,5,14H2,1H3,(H2,15,16,17,18). The van der Waals surface area contributed by atoms with Gasteiger partial charge in [0.1, 0.15) is 5.82 Å². The summed E-state index contributed by atoms with van der Waals surface area (Å²) >= 11 is 0. The molecule has 1 atom stereocenters. The maximum Gasteiger partial charge on any atom is 0.433 e. The second-order valence-electron chi connectivity index (χ2n) is 4.50. The van der Waals surface area contributed by atoms with Crippen molar-refractivity contribution in [3.63, 3.8) is 0 Å². The Morgan fingerprint density at radius 2 is 2.16 bits per heavy atom. The lowest BCUT2D eigenvalue weighted by atomic mass is 10.2. The van der Waals surface area contributed by atoms with Crippen LogP contribution in [0.2, 0.25) is 0 Å². The van der Waals surface area contributed by atoms with Crippen LogP contribution >= 0.6 is 0 Å². The topological polar surface area (TPSA) is 79.1 Å². The zero-order valence-corrected chi connectivity index (χ0v) is 10.3. The number of rotatable bonds is 3. The maximum atomic E-state index is 12.7. The second-order valence-corrected chi connectivity index (χ2v) is 4.50. The minimum absolute atomic E-state index is 0.0756. The summed E-state index contributed by atoms with van der Waals surface area (Å²) in [6.07, 6.45) is -3.68. The van der Waals surface area contributed by atoms with Crippen LogP contribution in [-0.2, 0) is 6.18 Å². The van der Waals surface area contributed by atoms with Crippen molar-refractivity contribution < 1.29 is 13.2 Å². The van der Waals surface area contributed by atoms with Crippen molar-refractivity contribution in [1.82, 2.24) is 14.9 Å². The molecule has 0 aliphatic carbocycles. The molecule has 1 fully saturated rings. The van der Waals surface area contributed by atoms with Gasteiger partial charge in [0, 0.05) is 18.7 Å². The molecular formula is C10H15F3N6. The summed E-state index contributed by atoms with van der Waals surface area (Å²) in [6.45, 7) is 1.66. The largest absolute Gasteiger partial charge is 0.433 e. The Labute approximate surface area is 108 Å². The van der Waals surface area contributed by atoms with Crippen LogP contribution in [0.4, 0.5) is 24.9 Å². The summed E-state index contributed by atoms with van der Waals surface area (Å²) in [7, 11) is 1.95. The van der Waals surface area contributed by atoms with Gasteiger partial charge in [0.15, 0.2) is 5.69 Å². The minimum atomic E-state index is -4.53. The Balaban J connectivity index is 2.20. The number of anilines is 2. The van der Waals surface area contributed by atoms with E-state index in [1.54, 1.807) is 0 Å². The summed E-state index contributed by atoms with van der Waals surface area (Å²) in [5.41, 5.74) is 1.02. The number of hydrogen-bond acceptors (Lipinski definition) is 6. The van der Waals surface area contributed by atoms with Crippen molar-refractivity contribution in [3.05, 3.63) is 11.8 Å². The van der Waals surface area contributed by atoms with Crippen molar-refractivity contribution in [2.75, 3.05) is 30.9 Å². The molecule has 0 amide bonds. The van der Waals surface area contributed by atoms with Crippen LogP contribution in [0.15, 0.2) is 6.07 Å². The highest BCUT2D eigenvalue weighted by molar-refractivity contribution is 5.43. The molecule has 0 bridgehead atoms. The summed E-state index contributed by atoms with van der Waals surface area (Å²) in [5, 5.41) is 2.97. The van der Waals surface area contributed by atoms with E-state index in [0.29, 0.717) is 0 Å². The Hall–Kier alpha value is -1.61. The lowest BCUT2D eigenvalue weighted by Gasteiger charge is -2.15.